The summed E-state index contributed by atoms with van der Waals surface area (Å²) in [5, 5.41) is 6.60. The Labute approximate surface area is 214 Å². The van der Waals surface area contributed by atoms with Gasteiger partial charge in [-0.15, -0.1) is 0 Å². The van der Waals surface area contributed by atoms with E-state index >= 15 is 0 Å². The third kappa shape index (κ3) is 5.19. The maximum Gasteiger partial charge on any atom is 0.328 e. The Morgan fingerprint density at radius 1 is 0.800 bits per heavy atom. The van der Waals surface area contributed by atoms with E-state index < -0.39 is 17.7 Å². The molecule has 4 rings (SSSR count). The smallest absolute Gasteiger partial charge is 0.328 e. The van der Waals surface area contributed by atoms with Crippen LogP contribution in [-0.2, 0) is 9.59 Å². The predicted molar refractivity (Wildman–Crippen MR) is 137 cm³/mol. The van der Waals surface area contributed by atoms with Crippen molar-refractivity contribution < 1.29 is 19.1 Å². The summed E-state index contributed by atoms with van der Waals surface area (Å²) in [5.41, 5.74) is 3.54. The molecular formula is C24H17Cl3N4O4. The Morgan fingerprint density at radius 3 is 2.29 bits per heavy atom. The van der Waals surface area contributed by atoms with E-state index in [4.69, 9.17) is 39.5 Å². The molecule has 0 unspecified atom stereocenters. The minimum atomic E-state index is -1.03. The molecule has 8 nitrogen and oxygen atoms in total. The van der Waals surface area contributed by atoms with Crippen LogP contribution in [0.2, 0.25) is 15.1 Å². The van der Waals surface area contributed by atoms with Crippen LogP contribution in [-0.4, -0.2) is 29.5 Å². The molecule has 0 fully saturated rings. The van der Waals surface area contributed by atoms with Gasteiger partial charge in [0.05, 0.1) is 27.9 Å². The monoisotopic (exact) mass is 530 g/mol. The van der Waals surface area contributed by atoms with E-state index in [-0.39, 0.29) is 21.4 Å². The average molecular weight is 532 g/mol. The number of amides is 3. The summed E-state index contributed by atoms with van der Waals surface area (Å²) < 4.78 is 6.60. The van der Waals surface area contributed by atoms with Gasteiger partial charge in [-0.25, -0.2) is 4.68 Å². The van der Waals surface area contributed by atoms with Gasteiger partial charge in [0.15, 0.2) is 0 Å². The molecule has 3 aromatic carbocycles. The zero-order chi connectivity index (χ0) is 25.1. The zero-order valence-corrected chi connectivity index (χ0v) is 20.3. The minimum absolute atomic E-state index is 0.0365. The lowest BCUT2D eigenvalue weighted by atomic mass is 10.2. The number of ether oxygens (including phenoxy) is 1. The molecule has 4 aromatic rings. The fourth-order valence-electron chi connectivity index (χ4n) is 3.34. The van der Waals surface area contributed by atoms with Crippen LogP contribution in [0.25, 0.3) is 10.9 Å². The largest absolute Gasteiger partial charge is 0.494 e. The molecular weight excluding hydrogens is 515 g/mol. The Morgan fingerprint density at radius 2 is 1.57 bits per heavy atom. The van der Waals surface area contributed by atoms with Gasteiger partial charge in [-0.3, -0.25) is 19.8 Å². The van der Waals surface area contributed by atoms with Gasteiger partial charge < -0.3 is 15.4 Å². The highest BCUT2D eigenvalue weighted by atomic mass is 35.5. The van der Waals surface area contributed by atoms with E-state index in [1.54, 1.807) is 60.7 Å². The van der Waals surface area contributed by atoms with Crippen LogP contribution in [0.15, 0.2) is 66.7 Å². The molecule has 3 amide bonds. The lowest BCUT2D eigenvalue weighted by molar-refractivity contribution is -0.133. The topological polar surface area (TPSA) is 101 Å². The number of nitrogens with one attached hydrogen (secondary N) is 3. The number of halogens is 3. The molecule has 0 saturated carbocycles. The number of carbonyl (C=O) groups excluding carboxylic acids is 3. The van der Waals surface area contributed by atoms with Crippen molar-refractivity contribution in [2.24, 2.45) is 0 Å². The van der Waals surface area contributed by atoms with Gasteiger partial charge in [0.25, 0.3) is 5.91 Å². The van der Waals surface area contributed by atoms with Crippen LogP contribution in [0.3, 0.4) is 0 Å². The normalized spacial score (nSPS) is 10.6. The van der Waals surface area contributed by atoms with Crippen LogP contribution >= 0.6 is 34.8 Å². The van der Waals surface area contributed by atoms with E-state index in [1.165, 1.54) is 17.9 Å². The van der Waals surface area contributed by atoms with Gasteiger partial charge >= 0.3 is 11.8 Å². The van der Waals surface area contributed by atoms with Gasteiger partial charge in [-0.05, 0) is 42.5 Å². The number of anilines is 2. The number of benzene rings is 3. The van der Waals surface area contributed by atoms with Crippen LogP contribution < -0.4 is 20.8 Å². The van der Waals surface area contributed by atoms with Crippen molar-refractivity contribution in [1.82, 2.24) is 4.68 Å². The van der Waals surface area contributed by atoms with Crippen LogP contribution in [0.5, 0.6) is 5.75 Å². The van der Waals surface area contributed by atoms with Gasteiger partial charge in [0.1, 0.15) is 17.0 Å². The van der Waals surface area contributed by atoms with Crippen LogP contribution in [0.4, 0.5) is 11.4 Å². The molecule has 0 atom stereocenters. The molecule has 1 aromatic heterocycles. The Balaban J connectivity index is 1.68. The summed E-state index contributed by atoms with van der Waals surface area (Å²) >= 11 is 18.0. The molecule has 0 aliphatic rings. The van der Waals surface area contributed by atoms with Crippen molar-refractivity contribution >= 4 is 74.8 Å². The molecule has 0 radical (unpaired) electrons. The summed E-state index contributed by atoms with van der Waals surface area (Å²) in [7, 11) is 1.45. The standard InChI is InChI=1S/C24H17Cl3N4O4/c1-35-20-8-4-5-13-11-19(22(32)28-14-9-10-15(25)17(27)12-14)31(21(13)20)30-24(34)23(33)29-18-7-3-2-6-16(18)26/h2-12H,1H3,(H,28,32)(H,29,33)(H,30,34). The van der Waals surface area contributed by atoms with Crippen molar-refractivity contribution in [1.29, 1.82) is 0 Å². The molecule has 0 bridgehead atoms. The molecule has 0 saturated heterocycles. The third-order valence-electron chi connectivity index (χ3n) is 4.96. The molecule has 11 heteroatoms. The maximum atomic E-state index is 13.2. The number of nitrogens with zero attached hydrogens (tertiary/aromatic N) is 1. The highest BCUT2D eigenvalue weighted by molar-refractivity contribution is 6.44. The Hall–Kier alpha value is -3.72. The third-order valence-corrected chi connectivity index (χ3v) is 6.03. The quantitative estimate of drug-likeness (QED) is 0.293. The average Bonchev–Trinajstić information content (AvgIpc) is 3.21. The summed E-state index contributed by atoms with van der Waals surface area (Å²) in [5.74, 6) is -2.21. The highest BCUT2D eigenvalue weighted by Gasteiger charge is 2.23. The number of carbonyl (C=O) groups is 3. The van der Waals surface area contributed by atoms with E-state index in [0.29, 0.717) is 27.4 Å². The summed E-state index contributed by atoms with van der Waals surface area (Å²) in [6.45, 7) is 0. The van der Waals surface area contributed by atoms with Gasteiger partial charge in [-0.2, -0.15) is 0 Å². The first-order valence-electron chi connectivity index (χ1n) is 10.1. The zero-order valence-electron chi connectivity index (χ0n) is 18.1. The van der Waals surface area contributed by atoms with Gasteiger partial charge in [0, 0.05) is 11.1 Å². The number of hydrogen-bond donors (Lipinski definition) is 3. The predicted octanol–water partition coefficient (Wildman–Crippen LogP) is 5.57. The molecule has 178 valence electrons. The second-order valence-corrected chi connectivity index (χ2v) is 8.44. The second kappa shape index (κ2) is 10.3. The van der Waals surface area contributed by atoms with Crippen molar-refractivity contribution in [2.75, 3.05) is 23.2 Å². The fraction of sp³-hybridized carbons (Fsp3) is 0.0417. The number of rotatable bonds is 5. The van der Waals surface area contributed by atoms with E-state index in [1.807, 2.05) is 0 Å². The summed E-state index contributed by atoms with van der Waals surface area (Å²) in [4.78, 5) is 38.5. The second-order valence-electron chi connectivity index (χ2n) is 7.22. The van der Waals surface area contributed by atoms with Crippen molar-refractivity contribution in [2.45, 2.75) is 0 Å². The van der Waals surface area contributed by atoms with Crippen molar-refractivity contribution in [3.8, 4) is 5.75 Å². The number of hydrogen-bond acceptors (Lipinski definition) is 4. The van der Waals surface area contributed by atoms with E-state index in [9.17, 15) is 14.4 Å². The summed E-state index contributed by atoms with van der Waals surface area (Å²) in [6, 6.07) is 17.8. The molecule has 1 heterocycles. The SMILES string of the molecule is COc1cccc2cc(C(=O)Nc3ccc(Cl)c(Cl)c3)n(NC(=O)C(=O)Nc3ccccc3Cl)c12. The van der Waals surface area contributed by atoms with E-state index in [0.717, 1.165) is 0 Å². The lowest BCUT2D eigenvalue weighted by Gasteiger charge is -2.14. The van der Waals surface area contributed by atoms with Crippen molar-refractivity contribution in [3.63, 3.8) is 0 Å². The van der Waals surface area contributed by atoms with Gasteiger partial charge in [-0.1, -0.05) is 59.1 Å². The first-order chi connectivity index (χ1) is 16.8. The number of para-hydroxylation sites is 2. The number of methoxy groups -OCH3 is 1. The molecule has 3 N–H and O–H groups in total. The molecule has 0 spiro atoms. The minimum Gasteiger partial charge on any atom is -0.494 e. The first kappa shape index (κ1) is 24.4. The number of aromatic nitrogens is 1. The van der Waals surface area contributed by atoms with Gasteiger partial charge in [0.2, 0.25) is 0 Å². The lowest BCUT2D eigenvalue weighted by Crippen LogP contribution is -2.36. The van der Waals surface area contributed by atoms with E-state index in [2.05, 4.69) is 16.1 Å². The van der Waals surface area contributed by atoms with Crippen LogP contribution in [0.1, 0.15) is 10.5 Å². The fourth-order valence-corrected chi connectivity index (χ4v) is 3.82. The van der Waals surface area contributed by atoms with Crippen molar-refractivity contribution in [3.05, 3.63) is 87.5 Å². The Kier molecular flexibility index (Phi) is 7.16. The highest BCUT2D eigenvalue weighted by Crippen LogP contribution is 2.30. The first-order valence-corrected chi connectivity index (χ1v) is 11.2. The maximum absolute atomic E-state index is 13.2. The van der Waals surface area contributed by atoms with Crippen LogP contribution in [0, 0.1) is 0 Å². The summed E-state index contributed by atoms with van der Waals surface area (Å²) in [6.07, 6.45) is 0. The molecule has 0 aliphatic carbocycles. The molecule has 0 aliphatic heterocycles. The Bertz CT molecular complexity index is 1470. The number of fused-ring (bicyclic) bond motifs is 1. The molecule has 35 heavy (non-hydrogen) atoms.